The van der Waals surface area contributed by atoms with E-state index in [4.69, 9.17) is 15.6 Å². The van der Waals surface area contributed by atoms with Gasteiger partial charge < -0.3 is 15.6 Å². The van der Waals surface area contributed by atoms with Crippen LogP contribution < -0.4 is 10.5 Å². The second-order valence-corrected chi connectivity index (χ2v) is 3.96. The number of carbonyl (C=O) groups excluding carboxylic acids is 1. The Kier molecular flexibility index (Phi) is 3.68. The summed E-state index contributed by atoms with van der Waals surface area (Å²) < 4.78 is 5.00. The van der Waals surface area contributed by atoms with E-state index in [0.717, 1.165) is 22.6 Å². The van der Waals surface area contributed by atoms with Crippen molar-refractivity contribution in [3.63, 3.8) is 0 Å². The van der Waals surface area contributed by atoms with Crippen LogP contribution in [0.2, 0.25) is 0 Å². The molecule has 1 amide bonds. The molecule has 3 N–H and O–H groups in total. The van der Waals surface area contributed by atoms with Gasteiger partial charge in [-0.05, 0) is 12.5 Å². The molecule has 1 aromatic rings. The first-order valence-electron chi connectivity index (χ1n) is 4.31. The van der Waals surface area contributed by atoms with Gasteiger partial charge in [0.2, 0.25) is 0 Å². The average molecular weight is 229 g/mol. The van der Waals surface area contributed by atoms with Crippen LogP contribution in [0.1, 0.15) is 21.5 Å². The van der Waals surface area contributed by atoms with Gasteiger partial charge in [0.1, 0.15) is 5.75 Å². The van der Waals surface area contributed by atoms with Gasteiger partial charge in [0.25, 0.3) is 5.91 Å². The minimum atomic E-state index is -1.06. The molecule has 5 nitrogen and oxygen atoms in total. The molecule has 0 unspecified atom stereocenters. The molecule has 0 fully saturated rings. The predicted molar refractivity (Wildman–Crippen MR) is 55.3 cm³/mol. The number of carboxylic acid groups (broad SMARTS) is 1. The second kappa shape index (κ2) is 4.79. The van der Waals surface area contributed by atoms with Gasteiger partial charge in [-0.15, -0.1) is 11.3 Å². The van der Waals surface area contributed by atoms with Crippen molar-refractivity contribution in [3.05, 3.63) is 15.8 Å². The third-order valence-electron chi connectivity index (χ3n) is 1.66. The number of rotatable bonds is 5. The van der Waals surface area contributed by atoms with Crippen LogP contribution in [0, 0.1) is 0 Å². The van der Waals surface area contributed by atoms with Crippen molar-refractivity contribution in [2.24, 2.45) is 5.73 Å². The van der Waals surface area contributed by atoms with Gasteiger partial charge in [-0.1, -0.05) is 6.92 Å². The van der Waals surface area contributed by atoms with E-state index in [1.54, 1.807) is 6.07 Å². The van der Waals surface area contributed by atoms with E-state index in [1.165, 1.54) is 0 Å². The van der Waals surface area contributed by atoms with Gasteiger partial charge in [0.05, 0.1) is 0 Å². The van der Waals surface area contributed by atoms with Gasteiger partial charge in [-0.3, -0.25) is 4.79 Å². The molecule has 0 aliphatic heterocycles. The summed E-state index contributed by atoms with van der Waals surface area (Å²) in [5.41, 5.74) is 4.90. The zero-order valence-electron chi connectivity index (χ0n) is 8.15. The van der Waals surface area contributed by atoms with Crippen molar-refractivity contribution in [2.45, 2.75) is 13.3 Å². The quantitative estimate of drug-likeness (QED) is 0.784. The lowest BCUT2D eigenvalue weighted by atomic mass is 10.3. The van der Waals surface area contributed by atoms with E-state index >= 15 is 0 Å². The highest BCUT2D eigenvalue weighted by molar-refractivity contribution is 7.14. The van der Waals surface area contributed by atoms with Crippen molar-refractivity contribution in [3.8, 4) is 5.75 Å². The number of aryl methyl sites for hydroxylation is 1. The van der Waals surface area contributed by atoms with E-state index in [0.29, 0.717) is 0 Å². The SMILES string of the molecule is CCc1cc(OCC(N)=O)c(C(=O)O)s1. The molecular weight excluding hydrogens is 218 g/mol. The summed E-state index contributed by atoms with van der Waals surface area (Å²) >= 11 is 1.14. The third kappa shape index (κ3) is 2.95. The number of hydrogen-bond donors (Lipinski definition) is 2. The van der Waals surface area contributed by atoms with Crippen molar-refractivity contribution in [2.75, 3.05) is 6.61 Å². The van der Waals surface area contributed by atoms with Crippen LogP contribution in [-0.2, 0) is 11.2 Å². The lowest BCUT2D eigenvalue weighted by Gasteiger charge is -2.01. The third-order valence-corrected chi connectivity index (χ3v) is 2.91. The molecule has 0 atom stereocenters. The first-order chi connectivity index (χ1) is 7.04. The van der Waals surface area contributed by atoms with Crippen LogP contribution in [0.5, 0.6) is 5.75 Å². The summed E-state index contributed by atoms with van der Waals surface area (Å²) in [4.78, 5) is 22.3. The molecule has 1 aromatic heterocycles. The normalized spacial score (nSPS) is 9.93. The number of thiophene rings is 1. The highest BCUT2D eigenvalue weighted by atomic mass is 32.1. The minimum absolute atomic E-state index is 0.105. The number of amides is 1. The number of primary amides is 1. The van der Waals surface area contributed by atoms with Crippen LogP contribution >= 0.6 is 11.3 Å². The summed E-state index contributed by atoms with van der Waals surface area (Å²) in [6.07, 6.45) is 0.727. The fraction of sp³-hybridized carbons (Fsp3) is 0.333. The van der Waals surface area contributed by atoms with Crippen molar-refractivity contribution in [1.82, 2.24) is 0 Å². The Bertz CT molecular complexity index is 385. The maximum atomic E-state index is 10.8. The highest BCUT2D eigenvalue weighted by Gasteiger charge is 2.16. The molecule has 0 saturated heterocycles. The Labute approximate surface area is 90.5 Å². The first kappa shape index (κ1) is 11.5. The molecule has 6 heteroatoms. The van der Waals surface area contributed by atoms with Gasteiger partial charge in [0, 0.05) is 4.88 Å². The molecule has 0 aromatic carbocycles. The number of carboxylic acids is 1. The van der Waals surface area contributed by atoms with E-state index in [1.807, 2.05) is 6.92 Å². The summed E-state index contributed by atoms with van der Waals surface area (Å²) in [5, 5.41) is 8.85. The fourth-order valence-electron chi connectivity index (χ4n) is 1.00. The first-order valence-corrected chi connectivity index (χ1v) is 5.13. The van der Waals surface area contributed by atoms with Crippen molar-refractivity contribution >= 4 is 23.2 Å². The summed E-state index contributed by atoms with van der Waals surface area (Å²) in [5.74, 6) is -1.47. The Morgan fingerprint density at radius 3 is 2.73 bits per heavy atom. The maximum Gasteiger partial charge on any atom is 0.349 e. The number of ether oxygens (including phenoxy) is 1. The molecular formula is C9H11NO4S. The lowest BCUT2D eigenvalue weighted by Crippen LogP contribution is -2.20. The van der Waals surface area contributed by atoms with Crippen LogP contribution in [0.25, 0.3) is 0 Å². The number of hydrogen-bond acceptors (Lipinski definition) is 4. The molecule has 0 aliphatic carbocycles. The number of carbonyl (C=O) groups is 2. The smallest absolute Gasteiger partial charge is 0.349 e. The Morgan fingerprint density at radius 1 is 1.60 bits per heavy atom. The van der Waals surface area contributed by atoms with Gasteiger partial charge >= 0.3 is 5.97 Å². The van der Waals surface area contributed by atoms with Crippen LogP contribution in [0.4, 0.5) is 0 Å². The molecule has 0 bridgehead atoms. The molecule has 82 valence electrons. The molecule has 0 radical (unpaired) electrons. The monoisotopic (exact) mass is 229 g/mol. The molecule has 15 heavy (non-hydrogen) atoms. The Hall–Kier alpha value is -1.56. The van der Waals surface area contributed by atoms with Gasteiger partial charge in [-0.2, -0.15) is 0 Å². The molecule has 0 spiro atoms. The predicted octanol–water partition coefficient (Wildman–Crippen LogP) is 0.873. The lowest BCUT2D eigenvalue weighted by molar-refractivity contribution is -0.119. The minimum Gasteiger partial charge on any atom is -0.482 e. The summed E-state index contributed by atoms with van der Waals surface area (Å²) in [6.45, 7) is 1.61. The summed E-state index contributed by atoms with van der Waals surface area (Å²) in [7, 11) is 0. The molecule has 1 rings (SSSR count). The molecule has 0 saturated carbocycles. The van der Waals surface area contributed by atoms with Crippen molar-refractivity contribution in [1.29, 1.82) is 0 Å². The average Bonchev–Trinajstić information content (AvgIpc) is 2.57. The maximum absolute atomic E-state index is 10.8. The Balaban J connectivity index is 2.88. The number of aromatic carboxylic acids is 1. The van der Waals surface area contributed by atoms with E-state index < -0.39 is 11.9 Å². The largest absolute Gasteiger partial charge is 0.482 e. The van der Waals surface area contributed by atoms with Crippen LogP contribution in [0.15, 0.2) is 6.07 Å². The van der Waals surface area contributed by atoms with E-state index in [-0.39, 0.29) is 17.2 Å². The highest BCUT2D eigenvalue weighted by Crippen LogP contribution is 2.29. The zero-order valence-corrected chi connectivity index (χ0v) is 8.97. The molecule has 1 heterocycles. The van der Waals surface area contributed by atoms with Gasteiger partial charge in [-0.25, -0.2) is 4.79 Å². The standard InChI is InChI=1S/C9H11NO4S/c1-2-5-3-6(14-4-7(10)11)8(15-5)9(12)13/h3H,2,4H2,1H3,(H2,10,11)(H,12,13). The second-order valence-electron chi connectivity index (χ2n) is 2.82. The van der Waals surface area contributed by atoms with E-state index in [2.05, 4.69) is 0 Å². The Morgan fingerprint density at radius 2 is 2.27 bits per heavy atom. The van der Waals surface area contributed by atoms with Gasteiger partial charge in [0.15, 0.2) is 11.5 Å². The van der Waals surface area contributed by atoms with E-state index in [9.17, 15) is 9.59 Å². The zero-order chi connectivity index (χ0) is 11.4. The molecule has 0 aliphatic rings. The van der Waals surface area contributed by atoms with Crippen LogP contribution in [-0.4, -0.2) is 23.6 Å². The van der Waals surface area contributed by atoms with Crippen molar-refractivity contribution < 1.29 is 19.4 Å². The number of nitrogens with two attached hydrogens (primary N) is 1. The summed E-state index contributed by atoms with van der Waals surface area (Å²) in [6, 6.07) is 1.62. The topological polar surface area (TPSA) is 89.6 Å². The van der Waals surface area contributed by atoms with Crippen LogP contribution in [0.3, 0.4) is 0 Å². The fourth-order valence-corrected chi connectivity index (χ4v) is 1.88.